The zero-order chi connectivity index (χ0) is 30.0. The molecule has 3 unspecified atom stereocenters. The number of rotatable bonds is 17. The van der Waals surface area contributed by atoms with Gasteiger partial charge in [0.1, 0.15) is 5.41 Å². The number of aliphatic hydroxyl groups excluding tert-OH is 2. The van der Waals surface area contributed by atoms with Gasteiger partial charge in [-0.15, -0.1) is 0 Å². The van der Waals surface area contributed by atoms with Crippen LogP contribution >= 0.6 is 7.60 Å². The van der Waals surface area contributed by atoms with E-state index in [9.17, 15) is 19.6 Å². The largest absolute Gasteiger partial charge is 0.393 e. The van der Waals surface area contributed by atoms with Gasteiger partial charge in [-0.3, -0.25) is 9.36 Å². The highest BCUT2D eigenvalue weighted by atomic mass is 31.2. The first-order chi connectivity index (χ1) is 20.3. The molecule has 232 valence electrons. The van der Waals surface area contributed by atoms with Crippen LogP contribution in [0.4, 0.5) is 0 Å². The Morgan fingerprint density at radius 1 is 0.952 bits per heavy atom. The van der Waals surface area contributed by atoms with Gasteiger partial charge in [-0.1, -0.05) is 88.1 Å². The quantitative estimate of drug-likeness (QED) is 0.134. The van der Waals surface area contributed by atoms with Crippen LogP contribution in [-0.2, 0) is 23.8 Å². The molecule has 1 fully saturated rings. The van der Waals surface area contributed by atoms with E-state index in [1.165, 1.54) is 0 Å². The van der Waals surface area contributed by atoms with Crippen molar-refractivity contribution in [3.63, 3.8) is 0 Å². The second-order valence-electron chi connectivity index (χ2n) is 12.0. The van der Waals surface area contributed by atoms with Crippen LogP contribution in [-0.4, -0.2) is 54.2 Å². The van der Waals surface area contributed by atoms with Gasteiger partial charge < -0.3 is 24.6 Å². The summed E-state index contributed by atoms with van der Waals surface area (Å²) in [5.41, 5.74) is 3.11. The Morgan fingerprint density at radius 3 is 2.12 bits per heavy atom. The van der Waals surface area contributed by atoms with Crippen molar-refractivity contribution in [3.05, 3.63) is 59.7 Å². The van der Waals surface area contributed by atoms with Gasteiger partial charge in [0, 0.05) is 6.54 Å². The molecule has 2 aliphatic rings. The summed E-state index contributed by atoms with van der Waals surface area (Å²) in [5.74, 6) is -0.153. The molecule has 2 aliphatic carbocycles. The normalized spacial score (nSPS) is 20.1. The van der Waals surface area contributed by atoms with Crippen LogP contribution in [0.25, 0.3) is 11.1 Å². The van der Waals surface area contributed by atoms with Crippen molar-refractivity contribution >= 4 is 13.5 Å². The summed E-state index contributed by atoms with van der Waals surface area (Å²) < 4.78 is 25.2. The molecule has 0 radical (unpaired) electrons. The molecular formula is C34H50NO6P. The van der Waals surface area contributed by atoms with Crippen LogP contribution in [0.15, 0.2) is 48.5 Å². The average Bonchev–Trinajstić information content (AvgIpc) is 3.29. The third kappa shape index (κ3) is 7.73. The summed E-state index contributed by atoms with van der Waals surface area (Å²) in [7, 11) is -3.22. The van der Waals surface area contributed by atoms with E-state index in [1.54, 1.807) is 0 Å². The Labute approximate surface area is 251 Å². The highest BCUT2D eigenvalue weighted by Crippen LogP contribution is 2.53. The first kappa shape index (κ1) is 32.9. The van der Waals surface area contributed by atoms with E-state index in [2.05, 4.69) is 31.3 Å². The number of benzene rings is 2. The number of nitrogens with one attached hydrogen (secondary N) is 1. The molecule has 2 aromatic carbocycles. The van der Waals surface area contributed by atoms with Crippen molar-refractivity contribution in [2.75, 3.05) is 25.9 Å². The van der Waals surface area contributed by atoms with Crippen LogP contribution in [0.1, 0.15) is 95.6 Å². The van der Waals surface area contributed by atoms with Gasteiger partial charge >= 0.3 is 7.60 Å². The number of fused-ring (bicyclic) bond motifs is 3. The van der Waals surface area contributed by atoms with Crippen molar-refractivity contribution in [1.29, 1.82) is 0 Å². The maximum Gasteiger partial charge on any atom is 0.330 e. The minimum absolute atomic E-state index is 0.0253. The Kier molecular flexibility index (Phi) is 12.2. The fraction of sp³-hybridized carbons (Fsp3) is 0.618. The van der Waals surface area contributed by atoms with Gasteiger partial charge in [-0.05, 0) is 73.1 Å². The predicted molar refractivity (Wildman–Crippen MR) is 168 cm³/mol. The number of hydrogen-bond donors (Lipinski definition) is 3. The summed E-state index contributed by atoms with van der Waals surface area (Å²) in [6.07, 6.45) is 7.70. The predicted octanol–water partition coefficient (Wildman–Crippen LogP) is 6.98. The van der Waals surface area contributed by atoms with Gasteiger partial charge in [-0.2, -0.15) is 0 Å². The summed E-state index contributed by atoms with van der Waals surface area (Å²) in [5, 5.41) is 24.2. The standard InChI is InChI=1S/C34H50NO6P/c1-3-5-21-40-42(39,41-22-6-4-2)23-12-11-20-34(33(38)35-25-32(37)26-14-13-15-27(36)24-26)30-18-9-7-16-28(30)29-17-8-10-19-31(29)34/h7-10,16-19,26-27,32,36-37H,3-6,11-15,20-25H2,1-2H3,(H,35,38). The Morgan fingerprint density at radius 2 is 1.55 bits per heavy atom. The first-order valence-corrected chi connectivity index (χ1v) is 17.8. The number of unbranched alkanes of at least 4 members (excludes halogenated alkanes) is 3. The van der Waals surface area contributed by atoms with Crippen molar-refractivity contribution < 1.29 is 28.6 Å². The van der Waals surface area contributed by atoms with E-state index in [0.29, 0.717) is 45.1 Å². The van der Waals surface area contributed by atoms with Crippen LogP contribution in [0.5, 0.6) is 0 Å². The number of hydrogen-bond acceptors (Lipinski definition) is 6. The van der Waals surface area contributed by atoms with Crippen molar-refractivity contribution in [2.45, 2.75) is 102 Å². The Hall–Kier alpha value is -2.02. The van der Waals surface area contributed by atoms with Crippen LogP contribution in [0, 0.1) is 5.92 Å². The molecule has 3 atom stereocenters. The third-order valence-corrected chi connectivity index (χ3v) is 11.0. The minimum atomic E-state index is -3.22. The molecule has 42 heavy (non-hydrogen) atoms. The van der Waals surface area contributed by atoms with E-state index < -0.39 is 19.1 Å². The fourth-order valence-corrected chi connectivity index (χ4v) is 8.33. The lowest BCUT2D eigenvalue weighted by atomic mass is 9.73. The van der Waals surface area contributed by atoms with Gasteiger partial charge in [0.15, 0.2) is 0 Å². The van der Waals surface area contributed by atoms with Crippen molar-refractivity contribution in [2.24, 2.45) is 5.92 Å². The van der Waals surface area contributed by atoms with Gasteiger partial charge in [0.05, 0.1) is 31.6 Å². The van der Waals surface area contributed by atoms with E-state index in [4.69, 9.17) is 9.05 Å². The average molecular weight is 600 g/mol. The fourth-order valence-electron chi connectivity index (χ4n) is 6.58. The van der Waals surface area contributed by atoms with Crippen LogP contribution in [0.3, 0.4) is 0 Å². The molecule has 3 N–H and O–H groups in total. The first-order valence-electron chi connectivity index (χ1n) is 16.1. The molecule has 1 saturated carbocycles. The van der Waals surface area contributed by atoms with Crippen molar-refractivity contribution in [1.82, 2.24) is 5.32 Å². The molecule has 2 aromatic rings. The van der Waals surface area contributed by atoms with E-state index >= 15 is 0 Å². The zero-order valence-corrected chi connectivity index (χ0v) is 26.3. The molecule has 0 spiro atoms. The molecular weight excluding hydrogens is 549 g/mol. The molecule has 1 amide bonds. The molecule has 0 bridgehead atoms. The Balaban J connectivity index is 1.52. The summed E-state index contributed by atoms with van der Waals surface area (Å²) in [6, 6.07) is 16.2. The molecule has 0 aliphatic heterocycles. The number of carbonyl (C=O) groups is 1. The highest BCUT2D eigenvalue weighted by molar-refractivity contribution is 7.53. The summed E-state index contributed by atoms with van der Waals surface area (Å²) in [6.45, 7) is 5.14. The monoisotopic (exact) mass is 599 g/mol. The smallest absolute Gasteiger partial charge is 0.330 e. The van der Waals surface area contributed by atoms with Crippen LogP contribution < -0.4 is 5.32 Å². The number of carbonyl (C=O) groups excluding carboxylic acids is 1. The number of amides is 1. The molecule has 0 aromatic heterocycles. The second kappa shape index (κ2) is 15.6. The lowest BCUT2D eigenvalue weighted by Crippen LogP contribution is -2.48. The lowest BCUT2D eigenvalue weighted by molar-refractivity contribution is -0.126. The maximum absolute atomic E-state index is 14.3. The molecule has 0 heterocycles. The molecule has 8 heteroatoms. The topological polar surface area (TPSA) is 105 Å². The number of aliphatic hydroxyl groups is 2. The molecule has 0 saturated heterocycles. The Bertz CT molecular complexity index is 1140. The van der Waals surface area contributed by atoms with Crippen molar-refractivity contribution in [3.8, 4) is 11.1 Å². The zero-order valence-electron chi connectivity index (χ0n) is 25.4. The second-order valence-corrected chi connectivity index (χ2v) is 14.2. The summed E-state index contributed by atoms with van der Waals surface area (Å²) in [4.78, 5) is 14.3. The van der Waals surface area contributed by atoms with E-state index in [-0.39, 0.29) is 24.5 Å². The van der Waals surface area contributed by atoms with Gasteiger partial charge in [0.2, 0.25) is 5.91 Å². The van der Waals surface area contributed by atoms with E-state index in [1.807, 2.05) is 36.4 Å². The van der Waals surface area contributed by atoms with E-state index in [0.717, 1.165) is 67.2 Å². The van der Waals surface area contributed by atoms with Gasteiger partial charge in [-0.25, -0.2) is 0 Å². The molecule has 4 rings (SSSR count). The highest BCUT2D eigenvalue weighted by Gasteiger charge is 2.48. The maximum atomic E-state index is 14.3. The lowest BCUT2D eigenvalue weighted by Gasteiger charge is -2.33. The van der Waals surface area contributed by atoms with Crippen LogP contribution in [0.2, 0.25) is 0 Å². The minimum Gasteiger partial charge on any atom is -0.393 e. The third-order valence-electron chi connectivity index (χ3n) is 8.96. The SMILES string of the molecule is CCCCOP(=O)(CCCCC1(C(=O)NCC(O)C2CCCC(O)C2)c2ccccc2-c2ccccc21)OCCCC. The van der Waals surface area contributed by atoms with Gasteiger partial charge in [0.25, 0.3) is 0 Å². The molecule has 7 nitrogen and oxygen atoms in total. The summed E-state index contributed by atoms with van der Waals surface area (Å²) >= 11 is 0.